The summed E-state index contributed by atoms with van der Waals surface area (Å²) in [5.41, 5.74) is 2.59. The Balaban J connectivity index is 1.28. The van der Waals surface area contributed by atoms with Crippen LogP contribution in [0.15, 0.2) is 137 Å². The lowest BCUT2D eigenvalue weighted by Gasteiger charge is -2.10. The molecule has 0 bridgehead atoms. The molecule has 0 fully saturated rings. The van der Waals surface area contributed by atoms with Crippen LogP contribution in [0.1, 0.15) is 0 Å². The van der Waals surface area contributed by atoms with Crippen LogP contribution in [0.4, 0.5) is 0 Å². The van der Waals surface area contributed by atoms with Gasteiger partial charge >= 0.3 is 0 Å². The Bertz CT molecular complexity index is 1660. The first kappa shape index (κ1) is 27.5. The Labute approximate surface area is 252 Å². The Morgan fingerprint density at radius 2 is 0.690 bits per heavy atom. The maximum atomic E-state index is 6.00. The molecule has 6 aromatic rings. The number of ether oxygens (including phenoxy) is 2. The monoisotopic (exact) mass is 587 g/mol. The standard InChI is InChI=1S/C33H25N5O2S2/c34-41-29-18-14-27(15-19-29)39-25-10-6-23(7-11-25)32-36-31(22-4-2-1-3-5-22)37-33(38-32)24-8-12-26(13-9-24)40-28-16-20-30(42-35)21-17-28/h1-21H,34-35H2. The minimum atomic E-state index is 0.563. The van der Waals surface area contributed by atoms with Crippen molar-refractivity contribution in [3.63, 3.8) is 0 Å². The van der Waals surface area contributed by atoms with Gasteiger partial charge in [0.05, 0.1) is 0 Å². The molecule has 0 aliphatic rings. The maximum Gasteiger partial charge on any atom is 0.164 e. The largest absolute Gasteiger partial charge is 0.457 e. The van der Waals surface area contributed by atoms with Gasteiger partial charge < -0.3 is 9.47 Å². The Morgan fingerprint density at radius 3 is 1.02 bits per heavy atom. The lowest BCUT2D eigenvalue weighted by atomic mass is 10.1. The fourth-order valence-corrected chi connectivity index (χ4v) is 4.73. The van der Waals surface area contributed by atoms with Crippen LogP contribution in [0.5, 0.6) is 23.0 Å². The average Bonchev–Trinajstić information content (AvgIpc) is 3.06. The first-order valence-electron chi connectivity index (χ1n) is 13.0. The molecule has 0 aliphatic carbocycles. The molecule has 0 spiro atoms. The molecule has 5 aromatic carbocycles. The Kier molecular flexibility index (Phi) is 8.43. The molecule has 7 nitrogen and oxygen atoms in total. The maximum absolute atomic E-state index is 6.00. The number of hydrogen-bond donors (Lipinski definition) is 2. The van der Waals surface area contributed by atoms with Crippen molar-refractivity contribution in [1.29, 1.82) is 0 Å². The van der Waals surface area contributed by atoms with Gasteiger partial charge in [0, 0.05) is 26.5 Å². The van der Waals surface area contributed by atoms with Crippen LogP contribution in [-0.4, -0.2) is 15.0 Å². The normalized spacial score (nSPS) is 10.8. The minimum absolute atomic E-state index is 0.563. The van der Waals surface area contributed by atoms with Crippen molar-refractivity contribution in [2.24, 2.45) is 10.3 Å². The second kappa shape index (κ2) is 12.9. The van der Waals surface area contributed by atoms with Gasteiger partial charge in [-0.3, -0.25) is 10.3 Å². The predicted octanol–water partition coefficient (Wildman–Crippen LogP) is 8.39. The Morgan fingerprint density at radius 1 is 0.381 bits per heavy atom. The van der Waals surface area contributed by atoms with Gasteiger partial charge in [-0.15, -0.1) is 0 Å². The molecular weight excluding hydrogens is 563 g/mol. The smallest absolute Gasteiger partial charge is 0.164 e. The van der Waals surface area contributed by atoms with Gasteiger partial charge in [0.25, 0.3) is 0 Å². The molecule has 1 aromatic heterocycles. The summed E-state index contributed by atoms with van der Waals surface area (Å²) in [6, 6.07) is 40.5. The summed E-state index contributed by atoms with van der Waals surface area (Å²) in [5, 5.41) is 11.2. The second-order valence-electron chi connectivity index (χ2n) is 9.10. The number of rotatable bonds is 9. The van der Waals surface area contributed by atoms with Crippen LogP contribution in [0.25, 0.3) is 34.2 Å². The minimum Gasteiger partial charge on any atom is -0.457 e. The lowest BCUT2D eigenvalue weighted by molar-refractivity contribution is 0.482. The van der Waals surface area contributed by atoms with Gasteiger partial charge in [0.2, 0.25) is 0 Å². The van der Waals surface area contributed by atoms with Crippen molar-refractivity contribution in [3.8, 4) is 57.2 Å². The molecule has 6 rings (SSSR count). The van der Waals surface area contributed by atoms with Crippen LogP contribution in [0, 0.1) is 0 Å². The highest BCUT2D eigenvalue weighted by Crippen LogP contribution is 2.30. The number of nitrogens with zero attached hydrogens (tertiary/aromatic N) is 3. The van der Waals surface area contributed by atoms with Crippen molar-refractivity contribution in [2.75, 3.05) is 0 Å². The molecular formula is C33H25N5O2S2. The molecule has 0 saturated heterocycles. The molecule has 4 N–H and O–H groups in total. The van der Waals surface area contributed by atoms with Gasteiger partial charge in [-0.25, -0.2) is 15.0 Å². The SMILES string of the molecule is NSc1ccc(Oc2ccc(-c3nc(-c4ccccc4)nc(-c4ccc(Oc5ccc(SN)cc5)cc4)n3)cc2)cc1. The molecule has 206 valence electrons. The van der Waals surface area contributed by atoms with Gasteiger partial charge in [-0.1, -0.05) is 30.3 Å². The zero-order chi connectivity index (χ0) is 28.7. The summed E-state index contributed by atoms with van der Waals surface area (Å²) >= 11 is 2.40. The van der Waals surface area contributed by atoms with E-state index in [9.17, 15) is 0 Å². The first-order chi connectivity index (χ1) is 20.7. The van der Waals surface area contributed by atoms with Crippen molar-refractivity contribution >= 4 is 23.9 Å². The van der Waals surface area contributed by atoms with E-state index in [0.717, 1.165) is 38.0 Å². The fraction of sp³-hybridized carbons (Fsp3) is 0. The zero-order valence-electron chi connectivity index (χ0n) is 22.3. The average molecular weight is 588 g/mol. The number of benzene rings is 5. The van der Waals surface area contributed by atoms with Crippen LogP contribution in [0.2, 0.25) is 0 Å². The van der Waals surface area contributed by atoms with E-state index in [2.05, 4.69) is 0 Å². The molecule has 0 amide bonds. The van der Waals surface area contributed by atoms with E-state index in [4.69, 9.17) is 34.7 Å². The Hall–Kier alpha value is -4.67. The van der Waals surface area contributed by atoms with Crippen molar-refractivity contribution in [1.82, 2.24) is 15.0 Å². The molecule has 0 unspecified atom stereocenters. The van der Waals surface area contributed by atoms with E-state index in [1.165, 1.54) is 23.9 Å². The van der Waals surface area contributed by atoms with Crippen LogP contribution < -0.4 is 19.8 Å². The molecule has 1 heterocycles. The van der Waals surface area contributed by atoms with Gasteiger partial charge in [0.1, 0.15) is 23.0 Å². The lowest BCUT2D eigenvalue weighted by Crippen LogP contribution is -2.00. The summed E-state index contributed by atoms with van der Waals surface area (Å²) in [6.45, 7) is 0. The number of hydrogen-bond acceptors (Lipinski definition) is 9. The van der Waals surface area contributed by atoms with Crippen molar-refractivity contribution in [2.45, 2.75) is 9.79 Å². The van der Waals surface area contributed by atoms with Crippen molar-refractivity contribution < 1.29 is 9.47 Å². The fourth-order valence-electron chi connectivity index (χ4n) is 4.14. The third-order valence-electron chi connectivity index (χ3n) is 6.28. The molecule has 0 saturated carbocycles. The quantitative estimate of drug-likeness (QED) is 0.161. The molecule has 0 aliphatic heterocycles. The first-order valence-corrected chi connectivity index (χ1v) is 14.7. The van der Waals surface area contributed by atoms with E-state index in [-0.39, 0.29) is 0 Å². The van der Waals surface area contributed by atoms with E-state index in [1.807, 2.05) is 127 Å². The van der Waals surface area contributed by atoms with Crippen LogP contribution in [0.3, 0.4) is 0 Å². The highest BCUT2D eigenvalue weighted by molar-refractivity contribution is 7.97. The van der Waals surface area contributed by atoms with E-state index in [1.54, 1.807) is 0 Å². The van der Waals surface area contributed by atoms with E-state index >= 15 is 0 Å². The van der Waals surface area contributed by atoms with E-state index in [0.29, 0.717) is 29.0 Å². The summed E-state index contributed by atoms with van der Waals surface area (Å²) < 4.78 is 12.0. The highest BCUT2D eigenvalue weighted by Gasteiger charge is 2.13. The van der Waals surface area contributed by atoms with Crippen LogP contribution in [-0.2, 0) is 0 Å². The van der Waals surface area contributed by atoms with Gasteiger partial charge in [-0.2, -0.15) is 0 Å². The number of nitrogens with two attached hydrogens (primary N) is 2. The second-order valence-corrected chi connectivity index (χ2v) is 10.5. The highest BCUT2D eigenvalue weighted by atomic mass is 32.2. The molecule has 42 heavy (non-hydrogen) atoms. The van der Waals surface area contributed by atoms with Crippen molar-refractivity contribution in [3.05, 3.63) is 127 Å². The van der Waals surface area contributed by atoms with Gasteiger partial charge in [0.15, 0.2) is 17.5 Å². The van der Waals surface area contributed by atoms with E-state index < -0.39 is 0 Å². The molecule has 9 heteroatoms. The topological polar surface area (TPSA) is 109 Å². The zero-order valence-corrected chi connectivity index (χ0v) is 23.9. The molecule has 0 radical (unpaired) electrons. The predicted molar refractivity (Wildman–Crippen MR) is 169 cm³/mol. The third kappa shape index (κ3) is 6.62. The third-order valence-corrected chi connectivity index (χ3v) is 7.37. The summed E-state index contributed by atoms with van der Waals surface area (Å²) in [7, 11) is 0. The summed E-state index contributed by atoms with van der Waals surface area (Å²) in [5.74, 6) is 4.59. The molecule has 0 atom stereocenters. The van der Waals surface area contributed by atoms with Gasteiger partial charge in [-0.05, 0) is 121 Å². The number of aromatic nitrogens is 3. The van der Waals surface area contributed by atoms with Crippen LogP contribution >= 0.6 is 23.9 Å². The summed E-state index contributed by atoms with van der Waals surface area (Å²) in [4.78, 5) is 16.4. The summed E-state index contributed by atoms with van der Waals surface area (Å²) in [6.07, 6.45) is 0.